The molecule has 5 nitrogen and oxygen atoms in total. The number of likely N-dealkylation sites (tertiary alicyclic amines) is 1. The highest BCUT2D eigenvalue weighted by molar-refractivity contribution is 7.23. The van der Waals surface area contributed by atoms with Crippen LogP contribution in [0.3, 0.4) is 0 Å². The Balaban J connectivity index is 1.22. The normalized spacial score (nSPS) is 19.1. The molecule has 0 saturated carbocycles. The van der Waals surface area contributed by atoms with Crippen LogP contribution in [0, 0.1) is 11.8 Å². The molecule has 0 spiro atoms. The van der Waals surface area contributed by atoms with E-state index < -0.39 is 0 Å². The fourth-order valence-corrected chi connectivity index (χ4v) is 6.32. The zero-order valence-electron chi connectivity index (χ0n) is 20.4. The van der Waals surface area contributed by atoms with Gasteiger partial charge < -0.3 is 10.2 Å². The number of hydrogen-bond donors (Lipinski definition) is 1. The number of imidazole rings is 1. The number of fused-ring (bicyclic) bond motifs is 3. The van der Waals surface area contributed by atoms with Crippen molar-refractivity contribution < 1.29 is 4.79 Å². The van der Waals surface area contributed by atoms with E-state index in [1.807, 2.05) is 18.2 Å². The molecule has 0 unspecified atom stereocenters. The smallest absolute Gasteiger partial charge is 0.251 e. The lowest BCUT2D eigenvalue weighted by atomic mass is 9.92. The molecule has 0 radical (unpaired) electrons. The number of benzene rings is 2. The van der Waals surface area contributed by atoms with Gasteiger partial charge in [0.1, 0.15) is 0 Å². The van der Waals surface area contributed by atoms with Gasteiger partial charge in [-0.25, -0.2) is 4.98 Å². The van der Waals surface area contributed by atoms with E-state index in [0.717, 1.165) is 57.7 Å². The lowest BCUT2D eigenvalue weighted by Gasteiger charge is -2.34. The summed E-state index contributed by atoms with van der Waals surface area (Å²) in [7, 11) is 0. The lowest BCUT2D eigenvalue weighted by molar-refractivity contribution is 0.0947. The predicted molar refractivity (Wildman–Crippen MR) is 142 cm³/mol. The molecule has 4 aromatic rings. The first-order valence-corrected chi connectivity index (χ1v) is 13.3. The Kier molecular flexibility index (Phi) is 6.70. The zero-order valence-corrected chi connectivity index (χ0v) is 21.2. The van der Waals surface area contributed by atoms with Crippen molar-refractivity contribution in [2.75, 3.05) is 26.2 Å². The summed E-state index contributed by atoms with van der Waals surface area (Å²) < 4.78 is 3.21. The van der Waals surface area contributed by atoms with Crippen LogP contribution in [0.4, 0.5) is 0 Å². The van der Waals surface area contributed by atoms with E-state index in [-0.39, 0.29) is 5.91 Å². The summed E-state index contributed by atoms with van der Waals surface area (Å²) in [6.07, 6.45) is 5.45. The van der Waals surface area contributed by atoms with Crippen molar-refractivity contribution in [2.24, 2.45) is 11.8 Å². The van der Waals surface area contributed by atoms with Gasteiger partial charge in [0.05, 0.1) is 15.9 Å². The van der Waals surface area contributed by atoms with Gasteiger partial charge >= 0.3 is 0 Å². The number of amides is 1. The average Bonchev–Trinajstić information content (AvgIpc) is 3.39. The summed E-state index contributed by atoms with van der Waals surface area (Å²) in [4.78, 5) is 21.1. The Labute approximate surface area is 205 Å². The van der Waals surface area contributed by atoms with Gasteiger partial charge in [-0.2, -0.15) is 0 Å². The standard InChI is InChI=1S/C28H34N4OS/c1-4-21-6-8-22(9-7-21)24-18-32-25-11-10-23(15-26(25)34-28(32)30-24)27(33)29-12-5-13-31-16-19(2)14-20(3)17-31/h6-11,15,18-20H,4-5,12-14,16-17H2,1-3H3,(H,29,33)/t19-,20-/m0/s1. The fraction of sp³-hybridized carbons (Fsp3) is 0.429. The number of aromatic nitrogens is 2. The molecule has 1 amide bonds. The summed E-state index contributed by atoms with van der Waals surface area (Å²) in [5.41, 5.74) is 5.25. The molecule has 3 heterocycles. The molecule has 1 N–H and O–H groups in total. The predicted octanol–water partition coefficient (Wildman–Crippen LogP) is 5.88. The third kappa shape index (κ3) is 4.89. The van der Waals surface area contributed by atoms with Crippen LogP contribution in [0.15, 0.2) is 48.7 Å². The van der Waals surface area contributed by atoms with Crippen molar-refractivity contribution in [3.63, 3.8) is 0 Å². The van der Waals surface area contributed by atoms with Gasteiger partial charge in [0.25, 0.3) is 5.91 Å². The molecule has 1 fully saturated rings. The number of carbonyl (C=O) groups excluding carboxylic acids is 1. The maximum Gasteiger partial charge on any atom is 0.251 e. The van der Waals surface area contributed by atoms with E-state index in [4.69, 9.17) is 4.98 Å². The van der Waals surface area contributed by atoms with Crippen LogP contribution in [0.25, 0.3) is 26.4 Å². The first-order valence-electron chi connectivity index (χ1n) is 12.5. The molecule has 1 aliphatic heterocycles. The van der Waals surface area contributed by atoms with Crippen LogP contribution in [0.1, 0.15) is 49.5 Å². The van der Waals surface area contributed by atoms with Gasteiger partial charge in [0.2, 0.25) is 0 Å². The Hall–Kier alpha value is -2.70. The minimum Gasteiger partial charge on any atom is -0.352 e. The van der Waals surface area contributed by atoms with Gasteiger partial charge in [-0.05, 0) is 61.4 Å². The number of nitrogens with one attached hydrogen (secondary N) is 1. The molecule has 34 heavy (non-hydrogen) atoms. The first kappa shape index (κ1) is 23.1. The number of hydrogen-bond acceptors (Lipinski definition) is 4. The summed E-state index contributed by atoms with van der Waals surface area (Å²) in [5.74, 6) is 1.55. The maximum absolute atomic E-state index is 12.7. The second kappa shape index (κ2) is 9.88. The van der Waals surface area contributed by atoms with E-state index in [9.17, 15) is 4.79 Å². The Morgan fingerprint density at radius 2 is 1.88 bits per heavy atom. The van der Waals surface area contributed by atoms with Crippen LogP contribution in [0.2, 0.25) is 0 Å². The number of carbonyl (C=O) groups is 1. The Morgan fingerprint density at radius 3 is 2.62 bits per heavy atom. The van der Waals surface area contributed by atoms with E-state index in [1.165, 1.54) is 25.1 Å². The highest BCUT2D eigenvalue weighted by atomic mass is 32.1. The molecule has 1 aliphatic rings. The molecule has 5 rings (SSSR count). The largest absolute Gasteiger partial charge is 0.352 e. The van der Waals surface area contributed by atoms with Crippen LogP contribution in [-0.2, 0) is 6.42 Å². The Bertz CT molecular complexity index is 1280. The number of nitrogens with zero attached hydrogens (tertiary/aromatic N) is 3. The zero-order chi connectivity index (χ0) is 23.7. The van der Waals surface area contributed by atoms with Crippen molar-refractivity contribution in [2.45, 2.75) is 40.0 Å². The molecule has 2 aromatic carbocycles. The van der Waals surface area contributed by atoms with E-state index in [2.05, 4.69) is 65.9 Å². The van der Waals surface area contributed by atoms with Crippen LogP contribution in [-0.4, -0.2) is 46.4 Å². The SMILES string of the molecule is CCc1ccc(-c2cn3c(n2)sc2cc(C(=O)NCCCN4C[C@@H](C)C[C@H](C)C4)ccc23)cc1. The van der Waals surface area contributed by atoms with Crippen molar-refractivity contribution in [1.29, 1.82) is 0 Å². The van der Waals surface area contributed by atoms with Gasteiger partial charge in [-0.1, -0.05) is 56.4 Å². The highest BCUT2D eigenvalue weighted by Gasteiger charge is 2.21. The van der Waals surface area contributed by atoms with Gasteiger partial charge in [0.15, 0.2) is 4.96 Å². The summed E-state index contributed by atoms with van der Waals surface area (Å²) in [6.45, 7) is 11.0. The van der Waals surface area contributed by atoms with E-state index >= 15 is 0 Å². The maximum atomic E-state index is 12.7. The van der Waals surface area contributed by atoms with Crippen molar-refractivity contribution >= 4 is 32.4 Å². The van der Waals surface area contributed by atoms with Gasteiger partial charge in [-0.3, -0.25) is 9.20 Å². The topological polar surface area (TPSA) is 49.6 Å². The van der Waals surface area contributed by atoms with Gasteiger partial charge in [0, 0.05) is 37.0 Å². The minimum absolute atomic E-state index is 0.00465. The summed E-state index contributed by atoms with van der Waals surface area (Å²) >= 11 is 1.63. The first-order chi connectivity index (χ1) is 16.5. The summed E-state index contributed by atoms with van der Waals surface area (Å²) in [6, 6.07) is 14.6. The van der Waals surface area contributed by atoms with E-state index in [1.54, 1.807) is 11.3 Å². The molecule has 0 bridgehead atoms. The summed E-state index contributed by atoms with van der Waals surface area (Å²) in [5, 5.41) is 3.11. The molecule has 1 saturated heterocycles. The minimum atomic E-state index is 0.00465. The lowest BCUT2D eigenvalue weighted by Crippen LogP contribution is -2.40. The second-order valence-electron chi connectivity index (χ2n) is 9.93. The van der Waals surface area contributed by atoms with Crippen molar-refractivity contribution in [3.8, 4) is 11.3 Å². The molecule has 2 atom stereocenters. The van der Waals surface area contributed by atoms with Crippen LogP contribution >= 0.6 is 11.3 Å². The number of rotatable bonds is 7. The molecule has 2 aromatic heterocycles. The molecule has 6 heteroatoms. The monoisotopic (exact) mass is 474 g/mol. The fourth-order valence-electron chi connectivity index (χ4n) is 5.27. The highest BCUT2D eigenvalue weighted by Crippen LogP contribution is 2.30. The molecular weight excluding hydrogens is 440 g/mol. The van der Waals surface area contributed by atoms with Crippen molar-refractivity contribution in [3.05, 3.63) is 59.8 Å². The van der Waals surface area contributed by atoms with Crippen LogP contribution < -0.4 is 5.32 Å². The van der Waals surface area contributed by atoms with Gasteiger partial charge in [-0.15, -0.1) is 0 Å². The molecule has 0 aliphatic carbocycles. The van der Waals surface area contributed by atoms with Crippen molar-refractivity contribution in [1.82, 2.24) is 19.6 Å². The third-order valence-corrected chi connectivity index (χ3v) is 7.91. The third-order valence-electron chi connectivity index (χ3n) is 6.90. The number of piperidine rings is 1. The number of thiazole rings is 1. The van der Waals surface area contributed by atoms with Crippen LogP contribution in [0.5, 0.6) is 0 Å². The Morgan fingerprint density at radius 1 is 1.12 bits per heavy atom. The molecular formula is C28H34N4OS. The van der Waals surface area contributed by atoms with E-state index in [0.29, 0.717) is 12.1 Å². The average molecular weight is 475 g/mol. The number of aryl methyl sites for hydroxylation is 1. The quantitative estimate of drug-likeness (QED) is 0.341. The molecule has 178 valence electrons. The second-order valence-corrected chi connectivity index (χ2v) is 10.9.